The van der Waals surface area contributed by atoms with Crippen molar-refractivity contribution in [3.8, 4) is 0 Å². The fourth-order valence-corrected chi connectivity index (χ4v) is 0.437. The predicted octanol–water partition coefficient (Wildman–Crippen LogP) is 1.71. The van der Waals surface area contributed by atoms with Crippen LogP contribution in [0.1, 0.15) is 26.7 Å². The standard InChI is InChI=1S/C4H8OS.C2H4OS/c1-2-3-4(5)6;1-2(3)4/h2-3H2,1H3,(H,5,6);1H3,(H,3,4). The van der Waals surface area contributed by atoms with Crippen molar-refractivity contribution in [1.82, 2.24) is 0 Å². The van der Waals surface area contributed by atoms with Crippen molar-refractivity contribution in [2.24, 2.45) is 0 Å². The highest BCUT2D eigenvalue weighted by atomic mass is 32.1. The van der Waals surface area contributed by atoms with Gasteiger partial charge >= 0.3 is 0 Å². The van der Waals surface area contributed by atoms with E-state index in [0.29, 0.717) is 6.42 Å². The van der Waals surface area contributed by atoms with Gasteiger partial charge in [-0.05, 0) is 6.42 Å². The third-order valence-electron chi connectivity index (χ3n) is 0.464. The average molecular weight is 180 g/mol. The van der Waals surface area contributed by atoms with Gasteiger partial charge in [-0.1, -0.05) is 6.92 Å². The van der Waals surface area contributed by atoms with E-state index in [1.807, 2.05) is 6.92 Å². The minimum Gasteiger partial charge on any atom is -0.288 e. The van der Waals surface area contributed by atoms with Gasteiger partial charge in [-0.2, -0.15) is 0 Å². The van der Waals surface area contributed by atoms with Gasteiger partial charge in [0.05, 0.1) is 0 Å². The van der Waals surface area contributed by atoms with Gasteiger partial charge in [-0.25, -0.2) is 0 Å². The second kappa shape index (κ2) is 9.04. The second-order valence-electron chi connectivity index (χ2n) is 1.66. The molecule has 4 heteroatoms. The van der Waals surface area contributed by atoms with Crippen LogP contribution >= 0.6 is 25.3 Å². The molecule has 10 heavy (non-hydrogen) atoms. The van der Waals surface area contributed by atoms with Gasteiger partial charge in [0.1, 0.15) is 0 Å². The van der Waals surface area contributed by atoms with Gasteiger partial charge in [0.15, 0.2) is 10.2 Å². The van der Waals surface area contributed by atoms with Crippen LogP contribution in [-0.2, 0) is 9.59 Å². The summed E-state index contributed by atoms with van der Waals surface area (Å²) in [7, 11) is 0. The van der Waals surface area contributed by atoms with Gasteiger partial charge < -0.3 is 0 Å². The lowest BCUT2D eigenvalue weighted by molar-refractivity contribution is -0.111. The fraction of sp³-hybridized carbons (Fsp3) is 0.667. The van der Waals surface area contributed by atoms with E-state index in [2.05, 4.69) is 25.3 Å². The second-order valence-corrected chi connectivity index (χ2v) is 2.79. The number of carbonyl (C=O) groups is 2. The maximum atomic E-state index is 9.91. The van der Waals surface area contributed by atoms with Crippen molar-refractivity contribution in [2.45, 2.75) is 26.7 Å². The molecule has 0 rings (SSSR count). The van der Waals surface area contributed by atoms with E-state index in [1.165, 1.54) is 6.92 Å². The molecule has 0 aromatic rings. The number of hydrogen-bond donors (Lipinski definition) is 2. The van der Waals surface area contributed by atoms with Crippen LogP contribution in [0.25, 0.3) is 0 Å². The van der Waals surface area contributed by atoms with Crippen molar-refractivity contribution in [3.63, 3.8) is 0 Å². The zero-order valence-electron chi connectivity index (χ0n) is 6.13. The lowest BCUT2D eigenvalue weighted by Gasteiger charge is -1.79. The third kappa shape index (κ3) is 43.1. The largest absolute Gasteiger partial charge is 0.288 e. The van der Waals surface area contributed by atoms with Crippen LogP contribution in [0.4, 0.5) is 0 Å². The van der Waals surface area contributed by atoms with Gasteiger partial charge in [0, 0.05) is 13.3 Å². The van der Waals surface area contributed by atoms with E-state index in [-0.39, 0.29) is 10.2 Å². The summed E-state index contributed by atoms with van der Waals surface area (Å²) in [6.45, 7) is 3.34. The van der Waals surface area contributed by atoms with E-state index >= 15 is 0 Å². The highest BCUT2D eigenvalue weighted by Gasteiger charge is 1.85. The SMILES string of the molecule is CC(=O)S.CCCC(=O)S. The van der Waals surface area contributed by atoms with Crippen molar-refractivity contribution < 1.29 is 9.59 Å². The Labute approximate surface area is 72.2 Å². The molecule has 0 atom stereocenters. The number of thiol groups is 2. The van der Waals surface area contributed by atoms with Crippen LogP contribution in [0.2, 0.25) is 0 Å². The van der Waals surface area contributed by atoms with E-state index in [1.54, 1.807) is 0 Å². The first-order valence-corrected chi connectivity index (χ1v) is 3.81. The Morgan fingerprint density at radius 3 is 1.60 bits per heavy atom. The molecule has 0 aliphatic heterocycles. The highest BCUT2D eigenvalue weighted by molar-refractivity contribution is 7.96. The van der Waals surface area contributed by atoms with E-state index in [4.69, 9.17) is 0 Å². The lowest BCUT2D eigenvalue weighted by Crippen LogP contribution is -1.80. The maximum absolute atomic E-state index is 9.91. The Hall–Kier alpha value is 0.0400. The summed E-state index contributed by atoms with van der Waals surface area (Å²) in [6.07, 6.45) is 1.51. The summed E-state index contributed by atoms with van der Waals surface area (Å²) in [4.78, 5) is 19.2. The van der Waals surface area contributed by atoms with Crippen molar-refractivity contribution in [2.75, 3.05) is 0 Å². The van der Waals surface area contributed by atoms with Crippen molar-refractivity contribution >= 4 is 35.5 Å². The number of hydrogen-bond acceptors (Lipinski definition) is 2. The van der Waals surface area contributed by atoms with Crippen LogP contribution in [0, 0.1) is 0 Å². The van der Waals surface area contributed by atoms with Crippen LogP contribution in [0.5, 0.6) is 0 Å². The summed E-state index contributed by atoms with van der Waals surface area (Å²) < 4.78 is 0. The molecule has 0 fully saturated rings. The first kappa shape index (κ1) is 12.7. The summed E-state index contributed by atoms with van der Waals surface area (Å²) in [5, 5.41) is -0.155. The molecular weight excluding hydrogens is 168 g/mol. The Kier molecular flexibility index (Phi) is 11.5. The molecule has 0 heterocycles. The molecule has 0 spiro atoms. The first-order valence-electron chi connectivity index (χ1n) is 2.92. The van der Waals surface area contributed by atoms with E-state index in [0.717, 1.165) is 6.42 Å². The molecule has 0 aromatic heterocycles. The molecule has 0 unspecified atom stereocenters. The highest BCUT2D eigenvalue weighted by Crippen LogP contribution is 1.89. The minimum absolute atomic E-state index is 0.0162. The Morgan fingerprint density at radius 1 is 1.30 bits per heavy atom. The predicted molar refractivity (Wildman–Crippen MR) is 48.6 cm³/mol. The normalized spacial score (nSPS) is 7.60. The molecule has 0 aromatic carbocycles. The zero-order valence-corrected chi connectivity index (χ0v) is 7.91. The molecule has 0 saturated carbocycles. The van der Waals surface area contributed by atoms with Gasteiger partial charge in [0.25, 0.3) is 0 Å². The van der Waals surface area contributed by atoms with Crippen LogP contribution in [0.3, 0.4) is 0 Å². The van der Waals surface area contributed by atoms with Gasteiger partial charge in [0.2, 0.25) is 0 Å². The summed E-state index contributed by atoms with van der Waals surface area (Å²) in [5.41, 5.74) is 0. The molecule has 0 saturated heterocycles. The molecule has 0 N–H and O–H groups in total. The molecule has 0 aliphatic carbocycles. The average Bonchev–Trinajstić information content (AvgIpc) is 1.62. The number of rotatable bonds is 2. The third-order valence-corrected chi connectivity index (χ3v) is 0.687. The molecule has 0 amide bonds. The molecule has 0 aliphatic rings. The maximum Gasteiger partial charge on any atom is 0.185 e. The molecule has 60 valence electrons. The monoisotopic (exact) mass is 180 g/mol. The Bertz CT molecular complexity index is 108. The minimum atomic E-state index is -0.139. The zero-order chi connectivity index (χ0) is 8.57. The number of carbonyl (C=O) groups excluding carboxylic acids is 2. The quantitative estimate of drug-likeness (QED) is 0.634. The van der Waals surface area contributed by atoms with Gasteiger partial charge in [-0.15, -0.1) is 25.3 Å². The van der Waals surface area contributed by atoms with Crippen molar-refractivity contribution in [3.05, 3.63) is 0 Å². The first-order chi connectivity index (χ1) is 4.50. The molecular formula is C6H12O2S2. The van der Waals surface area contributed by atoms with Crippen LogP contribution < -0.4 is 0 Å². The molecule has 0 bridgehead atoms. The molecule has 0 radical (unpaired) electrons. The van der Waals surface area contributed by atoms with Crippen LogP contribution in [0.15, 0.2) is 0 Å². The Balaban J connectivity index is 0. The van der Waals surface area contributed by atoms with E-state index < -0.39 is 0 Å². The van der Waals surface area contributed by atoms with Crippen LogP contribution in [-0.4, -0.2) is 10.2 Å². The fourth-order valence-electron chi connectivity index (χ4n) is 0.214. The van der Waals surface area contributed by atoms with Crippen molar-refractivity contribution in [1.29, 1.82) is 0 Å². The van der Waals surface area contributed by atoms with Gasteiger partial charge in [-0.3, -0.25) is 9.59 Å². The summed E-state index contributed by atoms with van der Waals surface area (Å²) >= 11 is 6.87. The smallest absolute Gasteiger partial charge is 0.185 e. The molecule has 2 nitrogen and oxygen atoms in total. The topological polar surface area (TPSA) is 34.1 Å². The summed E-state index contributed by atoms with van der Waals surface area (Å²) in [6, 6.07) is 0. The van der Waals surface area contributed by atoms with E-state index in [9.17, 15) is 9.59 Å². The summed E-state index contributed by atoms with van der Waals surface area (Å²) in [5.74, 6) is 0. The Morgan fingerprint density at radius 2 is 1.60 bits per heavy atom. The lowest BCUT2D eigenvalue weighted by atomic mass is 10.4.